The van der Waals surface area contributed by atoms with Crippen molar-refractivity contribution < 1.29 is 23.8 Å². The highest BCUT2D eigenvalue weighted by Gasteiger charge is 2.59. The molecule has 1 saturated carbocycles. The summed E-state index contributed by atoms with van der Waals surface area (Å²) < 4.78 is 26.9. The fraction of sp³-hybridized carbons (Fsp3) is 0.333. The van der Waals surface area contributed by atoms with E-state index in [1.807, 2.05) is 24.3 Å². The molecule has 0 radical (unpaired) electrons. The zero-order valence-electron chi connectivity index (χ0n) is 18.3. The maximum Gasteiger partial charge on any atom is 0.307 e. The average Bonchev–Trinajstić information content (AvgIpc) is 3.40. The fourth-order valence-electron chi connectivity index (χ4n) is 5.60. The number of halogens is 1. The van der Waals surface area contributed by atoms with Gasteiger partial charge < -0.3 is 14.6 Å². The number of aromatic nitrogens is 1. The van der Waals surface area contributed by atoms with E-state index >= 15 is 0 Å². The van der Waals surface area contributed by atoms with Gasteiger partial charge in [-0.1, -0.05) is 24.3 Å². The molecule has 1 fully saturated rings. The molecule has 168 valence electrons. The maximum atomic E-state index is 14.9. The van der Waals surface area contributed by atoms with E-state index < -0.39 is 5.97 Å². The van der Waals surface area contributed by atoms with Gasteiger partial charge in [0.05, 0.1) is 12.5 Å². The molecule has 4 atom stereocenters. The molecule has 1 unspecified atom stereocenters. The number of nitrogens with zero attached hydrogens (tertiary/aromatic N) is 1. The highest BCUT2D eigenvalue weighted by molar-refractivity contribution is 5.77. The van der Waals surface area contributed by atoms with Crippen LogP contribution in [0.4, 0.5) is 4.39 Å². The SMILES string of the molecule is Cc1ccccc1C1OCCc2cc(F)c(COc3cc4c(cn3)[C@H]3[C@@H](C4)[C@@H]3C(=O)O)cc21. The highest BCUT2D eigenvalue weighted by atomic mass is 19.1. The van der Waals surface area contributed by atoms with E-state index in [1.54, 1.807) is 12.3 Å². The molecule has 1 N–H and O–H groups in total. The molecule has 1 aromatic heterocycles. The van der Waals surface area contributed by atoms with Crippen LogP contribution in [0.25, 0.3) is 0 Å². The van der Waals surface area contributed by atoms with E-state index in [9.17, 15) is 14.3 Å². The van der Waals surface area contributed by atoms with Gasteiger partial charge in [0, 0.05) is 23.7 Å². The van der Waals surface area contributed by atoms with Crippen LogP contribution in [-0.2, 0) is 29.0 Å². The van der Waals surface area contributed by atoms with Crippen LogP contribution in [-0.4, -0.2) is 22.7 Å². The second kappa shape index (κ2) is 7.66. The first-order valence-corrected chi connectivity index (χ1v) is 11.3. The number of carboxylic acids is 1. The van der Waals surface area contributed by atoms with Crippen molar-refractivity contribution in [3.63, 3.8) is 0 Å². The lowest BCUT2D eigenvalue weighted by Crippen LogP contribution is -2.19. The molecule has 33 heavy (non-hydrogen) atoms. The summed E-state index contributed by atoms with van der Waals surface area (Å²) in [6, 6.07) is 13.5. The van der Waals surface area contributed by atoms with Crippen molar-refractivity contribution in [1.29, 1.82) is 0 Å². The van der Waals surface area contributed by atoms with Gasteiger partial charge >= 0.3 is 5.97 Å². The van der Waals surface area contributed by atoms with Crippen molar-refractivity contribution in [1.82, 2.24) is 4.98 Å². The fourth-order valence-corrected chi connectivity index (χ4v) is 5.60. The predicted octanol–water partition coefficient (Wildman–Crippen LogP) is 4.74. The van der Waals surface area contributed by atoms with Crippen LogP contribution >= 0.6 is 0 Å². The minimum Gasteiger partial charge on any atom is -0.481 e. The monoisotopic (exact) mass is 445 g/mol. The number of aryl methyl sites for hydroxylation is 1. The number of hydrogen-bond acceptors (Lipinski definition) is 4. The van der Waals surface area contributed by atoms with Gasteiger partial charge in [0.15, 0.2) is 0 Å². The van der Waals surface area contributed by atoms with Crippen molar-refractivity contribution in [3.8, 4) is 5.88 Å². The number of rotatable bonds is 5. The molecule has 3 aliphatic rings. The van der Waals surface area contributed by atoms with Crippen LogP contribution in [0.3, 0.4) is 0 Å². The Morgan fingerprint density at radius 1 is 1.18 bits per heavy atom. The van der Waals surface area contributed by atoms with Crippen LogP contribution < -0.4 is 4.74 Å². The summed E-state index contributed by atoms with van der Waals surface area (Å²) in [5, 5.41) is 9.28. The molecule has 2 aromatic carbocycles. The van der Waals surface area contributed by atoms with Gasteiger partial charge in [-0.2, -0.15) is 0 Å². The smallest absolute Gasteiger partial charge is 0.307 e. The van der Waals surface area contributed by atoms with E-state index in [1.165, 1.54) is 0 Å². The molecule has 6 rings (SSSR count). The first-order valence-electron chi connectivity index (χ1n) is 11.3. The molecule has 0 spiro atoms. The lowest BCUT2D eigenvalue weighted by Gasteiger charge is -2.28. The first-order chi connectivity index (χ1) is 16.0. The topological polar surface area (TPSA) is 68.7 Å². The molecular formula is C27H24FNO4. The van der Waals surface area contributed by atoms with Crippen molar-refractivity contribution in [2.24, 2.45) is 11.8 Å². The van der Waals surface area contributed by atoms with E-state index in [-0.39, 0.29) is 36.3 Å². The van der Waals surface area contributed by atoms with Gasteiger partial charge in [-0.15, -0.1) is 0 Å². The number of aliphatic carboxylic acids is 1. The quantitative estimate of drug-likeness (QED) is 0.614. The Balaban J connectivity index is 1.23. The zero-order valence-corrected chi connectivity index (χ0v) is 18.3. The summed E-state index contributed by atoms with van der Waals surface area (Å²) >= 11 is 0. The van der Waals surface area contributed by atoms with Gasteiger partial charge in [0.1, 0.15) is 18.5 Å². The van der Waals surface area contributed by atoms with Crippen LogP contribution in [0.2, 0.25) is 0 Å². The Morgan fingerprint density at radius 3 is 2.85 bits per heavy atom. The number of hydrogen-bond donors (Lipinski definition) is 1. The van der Waals surface area contributed by atoms with Crippen molar-refractivity contribution >= 4 is 5.97 Å². The standard InChI is InChI=1S/C27H24FNO4/c1-14-4-2-3-5-18(14)26-19-9-17(22(28)10-15(19)6-7-32-26)13-33-23-11-16-8-20-24(21(16)12-29-23)25(20)27(30)31/h2-5,9-12,20,24-26H,6-8,13H2,1H3,(H,30,31)/t20-,24-,25+,26?/m1/s1. The second-order valence-corrected chi connectivity index (χ2v) is 9.27. The van der Waals surface area contributed by atoms with Gasteiger partial charge in [-0.25, -0.2) is 9.37 Å². The average molecular weight is 445 g/mol. The van der Waals surface area contributed by atoms with Crippen LogP contribution in [0, 0.1) is 24.6 Å². The first kappa shape index (κ1) is 20.4. The van der Waals surface area contributed by atoms with Crippen molar-refractivity contribution in [2.45, 2.75) is 38.4 Å². The predicted molar refractivity (Wildman–Crippen MR) is 119 cm³/mol. The van der Waals surface area contributed by atoms with Gasteiger partial charge in [0.2, 0.25) is 5.88 Å². The Hall–Kier alpha value is -3.25. The van der Waals surface area contributed by atoms with E-state index in [2.05, 4.69) is 24.0 Å². The zero-order chi connectivity index (χ0) is 22.7. The Bertz CT molecular complexity index is 1270. The normalized spacial score (nSPS) is 24.5. The third-order valence-corrected chi connectivity index (χ3v) is 7.36. The molecule has 3 aromatic rings. The Kier molecular flexibility index (Phi) is 4.73. The molecule has 2 heterocycles. The van der Waals surface area contributed by atoms with Crippen molar-refractivity contribution in [3.05, 3.63) is 93.4 Å². The molecule has 5 nitrogen and oxygen atoms in total. The second-order valence-electron chi connectivity index (χ2n) is 9.27. The highest BCUT2D eigenvalue weighted by Crippen LogP contribution is 2.61. The summed E-state index contributed by atoms with van der Waals surface area (Å²) in [5.74, 6) is -0.607. The van der Waals surface area contributed by atoms with Crippen LogP contribution in [0.5, 0.6) is 5.88 Å². The van der Waals surface area contributed by atoms with E-state index in [4.69, 9.17) is 9.47 Å². The molecule has 0 saturated heterocycles. The minimum atomic E-state index is -0.730. The lowest BCUT2D eigenvalue weighted by molar-refractivity contribution is -0.139. The maximum absolute atomic E-state index is 14.9. The van der Waals surface area contributed by atoms with Gasteiger partial charge in [-0.05, 0) is 71.2 Å². The molecule has 0 amide bonds. The number of benzene rings is 2. The minimum absolute atomic E-state index is 0.0655. The number of carboxylic acid groups (broad SMARTS) is 1. The van der Waals surface area contributed by atoms with E-state index in [0.717, 1.165) is 39.8 Å². The molecule has 0 bridgehead atoms. The Morgan fingerprint density at radius 2 is 2.03 bits per heavy atom. The molecular weight excluding hydrogens is 421 g/mol. The third-order valence-electron chi connectivity index (χ3n) is 7.36. The van der Waals surface area contributed by atoms with E-state index in [0.29, 0.717) is 24.5 Å². The summed E-state index contributed by atoms with van der Waals surface area (Å²) in [6.07, 6.45) is 2.92. The van der Waals surface area contributed by atoms with Crippen molar-refractivity contribution in [2.75, 3.05) is 6.61 Å². The summed E-state index contributed by atoms with van der Waals surface area (Å²) in [7, 11) is 0. The Labute approximate surface area is 191 Å². The molecule has 1 aliphatic heterocycles. The summed E-state index contributed by atoms with van der Waals surface area (Å²) in [5.41, 5.74) is 6.76. The van der Waals surface area contributed by atoms with Crippen LogP contribution in [0.15, 0.2) is 48.7 Å². The number of fused-ring (bicyclic) bond motifs is 4. The number of ether oxygens (including phenoxy) is 2. The van der Waals surface area contributed by atoms with Gasteiger partial charge in [-0.3, -0.25) is 4.79 Å². The summed E-state index contributed by atoms with van der Waals surface area (Å²) in [6.45, 7) is 2.68. The van der Waals surface area contributed by atoms with Gasteiger partial charge in [0.25, 0.3) is 0 Å². The molecule has 6 heteroatoms. The lowest BCUT2D eigenvalue weighted by atomic mass is 9.89. The third kappa shape index (κ3) is 3.40. The number of pyridine rings is 1. The largest absolute Gasteiger partial charge is 0.481 e. The molecule has 2 aliphatic carbocycles. The van der Waals surface area contributed by atoms with Crippen LogP contribution in [0.1, 0.15) is 51.0 Å². The number of carbonyl (C=O) groups is 1. The summed E-state index contributed by atoms with van der Waals surface area (Å²) in [4.78, 5) is 15.7.